The van der Waals surface area contributed by atoms with E-state index in [4.69, 9.17) is 15.0 Å². The second-order valence-electron chi connectivity index (χ2n) is 5.31. The minimum Gasteiger partial charge on any atom is -0.423 e. The molecular weight excluding hydrogens is 304 g/mol. The van der Waals surface area contributed by atoms with Gasteiger partial charge in [0.1, 0.15) is 19.4 Å². The number of carbonyl (C=O) groups excluding carboxylic acids is 1. The van der Waals surface area contributed by atoms with Gasteiger partial charge in [-0.05, 0) is 38.0 Å². The van der Waals surface area contributed by atoms with Crippen molar-refractivity contribution in [2.75, 3.05) is 6.35 Å². The van der Waals surface area contributed by atoms with Crippen LogP contribution in [0.4, 0.5) is 0 Å². The predicted octanol–water partition coefficient (Wildman–Crippen LogP) is 1.12. The van der Waals surface area contributed by atoms with Gasteiger partial charge in [-0.2, -0.15) is 0 Å². The number of nitrogens with two attached hydrogens (primary N) is 1. The quantitative estimate of drug-likeness (QED) is 0.521. The minimum absolute atomic E-state index is 0.0811. The Kier molecular flexibility index (Phi) is 7.29. The van der Waals surface area contributed by atoms with Crippen molar-refractivity contribution in [3.63, 3.8) is 0 Å². The van der Waals surface area contributed by atoms with Gasteiger partial charge in [-0.15, -0.1) is 0 Å². The van der Waals surface area contributed by atoms with Gasteiger partial charge in [0, 0.05) is 6.10 Å². The Morgan fingerprint density at radius 2 is 2.00 bits per heavy atom. The van der Waals surface area contributed by atoms with Gasteiger partial charge in [-0.3, -0.25) is 4.79 Å². The maximum Gasteiger partial charge on any atom is 0.402 e. The first kappa shape index (κ1) is 18.9. The molecular formula is C14H23BNO5P. The van der Waals surface area contributed by atoms with Crippen molar-refractivity contribution in [1.29, 1.82) is 0 Å². The van der Waals surface area contributed by atoms with Crippen LogP contribution in [0.2, 0.25) is 6.32 Å². The molecule has 8 heteroatoms. The number of carbonyl (C=O) groups is 1. The Balaban J connectivity index is 2.59. The second-order valence-corrected chi connectivity index (χ2v) is 7.02. The molecule has 122 valence electrons. The van der Waals surface area contributed by atoms with Crippen molar-refractivity contribution in [2.45, 2.75) is 38.7 Å². The van der Waals surface area contributed by atoms with Crippen LogP contribution in [-0.2, 0) is 20.5 Å². The highest BCUT2D eigenvalue weighted by atomic mass is 31.2. The van der Waals surface area contributed by atoms with E-state index in [2.05, 4.69) is 0 Å². The molecule has 0 saturated carbocycles. The number of ether oxygens (including phenoxy) is 1. The zero-order valence-corrected chi connectivity index (χ0v) is 14.1. The molecule has 3 atom stereocenters. The van der Waals surface area contributed by atoms with Crippen molar-refractivity contribution < 1.29 is 23.5 Å². The van der Waals surface area contributed by atoms with E-state index >= 15 is 0 Å². The fraction of sp³-hybridized carbons (Fsp3) is 0.500. The lowest BCUT2D eigenvalue weighted by atomic mass is 10.0. The molecule has 0 bridgehead atoms. The van der Waals surface area contributed by atoms with Crippen molar-refractivity contribution >= 4 is 21.2 Å². The van der Waals surface area contributed by atoms with Crippen LogP contribution in [0.1, 0.15) is 19.4 Å². The number of hydrogen-bond acceptors (Lipinski definition) is 5. The Morgan fingerprint density at radius 3 is 2.50 bits per heavy atom. The summed E-state index contributed by atoms with van der Waals surface area (Å²) in [6.07, 6.45) is 0.729. The first-order chi connectivity index (χ1) is 10.2. The molecule has 0 aromatic heterocycles. The third-order valence-electron chi connectivity index (χ3n) is 3.25. The third-order valence-corrected chi connectivity index (χ3v) is 4.22. The summed E-state index contributed by atoms with van der Waals surface area (Å²) in [5.74, 6) is 0.195. The number of benzene rings is 1. The van der Waals surface area contributed by atoms with E-state index in [1.807, 2.05) is 14.8 Å². The highest BCUT2D eigenvalue weighted by molar-refractivity contribution is 7.53. The molecule has 0 aliphatic rings. The van der Waals surface area contributed by atoms with E-state index in [-0.39, 0.29) is 24.0 Å². The number of Topliss-reactive ketones (excluding diaryl/α,β-unsaturated/α-hetero) is 1. The van der Waals surface area contributed by atoms with Crippen LogP contribution in [0, 0.1) is 0 Å². The highest BCUT2D eigenvalue weighted by Crippen LogP contribution is 2.42. The molecule has 0 spiro atoms. The lowest BCUT2D eigenvalue weighted by Gasteiger charge is -2.16. The summed E-state index contributed by atoms with van der Waals surface area (Å²) in [5.41, 5.74) is 6.55. The average molecular weight is 327 g/mol. The van der Waals surface area contributed by atoms with Crippen LogP contribution in [-0.4, -0.2) is 37.0 Å². The van der Waals surface area contributed by atoms with Gasteiger partial charge in [-0.1, -0.05) is 18.5 Å². The molecule has 0 fully saturated rings. The van der Waals surface area contributed by atoms with E-state index in [1.165, 1.54) is 6.92 Å². The van der Waals surface area contributed by atoms with Crippen molar-refractivity contribution in [3.05, 3.63) is 29.8 Å². The standard InChI is InChI=1S/C14H23BNO5P/c1-10(8-15)20-9-22(18,19)21-13-5-3-12(4-6-13)7-14(16)11(2)17/h3-6,10,14H,7-9,15-16H2,1-2H3,(H,18,19). The van der Waals surface area contributed by atoms with Crippen LogP contribution in [0.25, 0.3) is 0 Å². The maximum absolute atomic E-state index is 11.9. The Bertz CT molecular complexity index is 537. The van der Waals surface area contributed by atoms with Crippen LogP contribution in [0.3, 0.4) is 0 Å². The van der Waals surface area contributed by atoms with Gasteiger partial charge in [0.15, 0.2) is 6.35 Å². The smallest absolute Gasteiger partial charge is 0.402 e. The van der Waals surface area contributed by atoms with E-state index in [0.717, 1.165) is 11.9 Å². The van der Waals surface area contributed by atoms with Crippen LogP contribution in [0.5, 0.6) is 5.75 Å². The molecule has 3 N–H and O–H groups in total. The zero-order chi connectivity index (χ0) is 16.8. The Hall–Kier alpha value is -1.14. The molecule has 1 rings (SSSR count). The third kappa shape index (κ3) is 6.75. The topological polar surface area (TPSA) is 98.8 Å². The van der Waals surface area contributed by atoms with Gasteiger partial charge in [0.05, 0.1) is 6.04 Å². The molecule has 0 amide bonds. The lowest BCUT2D eigenvalue weighted by Crippen LogP contribution is -2.30. The zero-order valence-electron chi connectivity index (χ0n) is 13.2. The fourth-order valence-electron chi connectivity index (χ4n) is 1.61. The van der Waals surface area contributed by atoms with Crippen LogP contribution < -0.4 is 10.3 Å². The predicted molar refractivity (Wildman–Crippen MR) is 88.0 cm³/mol. The molecule has 0 heterocycles. The molecule has 6 nitrogen and oxygen atoms in total. The summed E-state index contributed by atoms with van der Waals surface area (Å²) in [7, 11) is -1.91. The molecule has 0 saturated heterocycles. The van der Waals surface area contributed by atoms with Gasteiger partial charge in [0.25, 0.3) is 0 Å². The molecule has 1 aromatic rings. The summed E-state index contributed by atoms with van der Waals surface area (Å²) in [5, 5.41) is 0. The van der Waals surface area contributed by atoms with E-state index in [9.17, 15) is 14.3 Å². The van der Waals surface area contributed by atoms with E-state index in [1.54, 1.807) is 24.3 Å². The second kappa shape index (κ2) is 8.49. The summed E-state index contributed by atoms with van der Waals surface area (Å²) < 4.78 is 22.2. The van der Waals surface area contributed by atoms with Crippen LogP contribution >= 0.6 is 7.60 Å². The highest BCUT2D eigenvalue weighted by Gasteiger charge is 2.22. The van der Waals surface area contributed by atoms with Crippen molar-refractivity contribution in [3.8, 4) is 5.75 Å². The molecule has 0 aliphatic heterocycles. The van der Waals surface area contributed by atoms with Gasteiger partial charge >= 0.3 is 7.60 Å². The molecule has 22 heavy (non-hydrogen) atoms. The largest absolute Gasteiger partial charge is 0.423 e. The summed E-state index contributed by atoms with van der Waals surface area (Å²) in [6.45, 7) is 3.27. The van der Waals surface area contributed by atoms with Gasteiger partial charge in [-0.25, -0.2) is 4.57 Å². The minimum atomic E-state index is -3.84. The van der Waals surface area contributed by atoms with Crippen molar-refractivity contribution in [1.82, 2.24) is 0 Å². The van der Waals surface area contributed by atoms with E-state index in [0.29, 0.717) is 6.42 Å². The number of rotatable bonds is 9. The lowest BCUT2D eigenvalue weighted by molar-refractivity contribution is -0.118. The van der Waals surface area contributed by atoms with E-state index < -0.39 is 13.6 Å². The monoisotopic (exact) mass is 327 g/mol. The average Bonchev–Trinajstić information content (AvgIpc) is 2.46. The Morgan fingerprint density at radius 1 is 1.41 bits per heavy atom. The van der Waals surface area contributed by atoms with Crippen molar-refractivity contribution in [2.24, 2.45) is 5.73 Å². The summed E-state index contributed by atoms with van der Waals surface area (Å²) in [4.78, 5) is 20.9. The maximum atomic E-state index is 11.9. The SMILES string of the molecule is BCC(C)OCP(=O)(O)Oc1ccc(CC(N)C(C)=O)cc1. The summed E-state index contributed by atoms with van der Waals surface area (Å²) in [6, 6.07) is 6.05. The first-order valence-corrected chi connectivity index (χ1v) is 8.97. The Labute approximate surface area is 131 Å². The summed E-state index contributed by atoms with van der Waals surface area (Å²) >= 11 is 0. The van der Waals surface area contributed by atoms with Crippen LogP contribution in [0.15, 0.2) is 24.3 Å². The van der Waals surface area contributed by atoms with Gasteiger partial charge in [0.2, 0.25) is 0 Å². The molecule has 3 unspecified atom stereocenters. The number of hydrogen-bond donors (Lipinski definition) is 2. The first-order valence-electron chi connectivity index (χ1n) is 7.21. The normalized spacial score (nSPS) is 16.5. The molecule has 1 aromatic carbocycles. The number of ketones is 1. The molecule has 0 aliphatic carbocycles. The van der Waals surface area contributed by atoms with Gasteiger partial charge < -0.3 is 19.9 Å². The molecule has 0 radical (unpaired) electrons. The fourth-order valence-corrected chi connectivity index (χ4v) is 2.56.